The number of amides is 1. The van der Waals surface area contributed by atoms with Gasteiger partial charge in [0.25, 0.3) is 0 Å². The highest BCUT2D eigenvalue weighted by Crippen LogP contribution is 2.23. The standard InChI is InChI=1S/C21H24B7N5O/c1-33-7-29-6-11(33)10-2-8-3-12(31-5-9(8)4-30-10)32-21(34)20(28)16(24)13-14(22)17(25)19(27)18(26)15(13)23/h2-7H,22-28H2,1H3,(H,31,32,34)/b20-16+. The molecule has 0 spiro atoms. The minimum absolute atomic E-state index is 0.153. The van der Waals surface area contributed by atoms with Gasteiger partial charge in [0.2, 0.25) is 5.91 Å². The molecule has 0 fully saturated rings. The Kier molecular flexibility index (Phi) is 6.39. The van der Waals surface area contributed by atoms with Gasteiger partial charge in [0, 0.05) is 24.8 Å². The summed E-state index contributed by atoms with van der Waals surface area (Å²) in [5, 5.41) is 4.84. The number of hydrogen-bond donors (Lipinski definition) is 1. The van der Waals surface area contributed by atoms with E-state index in [0.717, 1.165) is 33.2 Å². The Morgan fingerprint density at radius 3 is 2.09 bits per heavy atom. The van der Waals surface area contributed by atoms with Gasteiger partial charge in [-0.1, -0.05) is 16.4 Å². The molecule has 0 aliphatic carbocycles. The van der Waals surface area contributed by atoms with Crippen LogP contribution in [0.15, 0.2) is 42.5 Å². The Balaban J connectivity index is 1.68. The lowest BCUT2D eigenvalue weighted by atomic mass is 9.57. The van der Waals surface area contributed by atoms with Crippen LogP contribution in [0.25, 0.3) is 27.6 Å². The molecule has 6 nitrogen and oxygen atoms in total. The van der Waals surface area contributed by atoms with Crippen molar-refractivity contribution in [1.29, 1.82) is 0 Å². The number of nitrogens with zero attached hydrogens (tertiary/aromatic N) is 4. The normalized spacial score (nSPS) is 11.9. The molecular weight excluding hydrogens is 414 g/mol. The van der Waals surface area contributed by atoms with Gasteiger partial charge in [0.05, 0.1) is 23.9 Å². The number of hydrogen-bond acceptors (Lipinski definition) is 4. The topological polar surface area (TPSA) is 72.7 Å². The summed E-state index contributed by atoms with van der Waals surface area (Å²) in [4.78, 5) is 26.3. The van der Waals surface area contributed by atoms with E-state index in [2.05, 4.69) is 59.5 Å². The van der Waals surface area contributed by atoms with Crippen LogP contribution >= 0.6 is 0 Å². The number of nitrogens with one attached hydrogen (secondary N) is 1. The number of carbonyl (C=O) groups is 1. The van der Waals surface area contributed by atoms with E-state index in [1.807, 2.05) is 39.4 Å². The van der Waals surface area contributed by atoms with Gasteiger partial charge >= 0.3 is 0 Å². The SMILES string of the molecule is B/C(C(=O)Nc1cc2cc(-c3cncn3C)ncc2cn1)=C(/B)c1c(B)c(B)c(B)c(B)c1B. The molecule has 3 aromatic heterocycles. The summed E-state index contributed by atoms with van der Waals surface area (Å²) in [7, 11) is 16.6. The summed E-state index contributed by atoms with van der Waals surface area (Å²) < 4.78 is 1.92. The second kappa shape index (κ2) is 9.13. The van der Waals surface area contributed by atoms with Crippen molar-refractivity contribution in [3.63, 3.8) is 0 Å². The number of rotatable bonds is 4. The maximum Gasteiger partial charge on any atom is 0.242 e. The molecule has 1 N–H and O–H groups in total. The summed E-state index contributed by atoms with van der Waals surface area (Å²) >= 11 is 0. The number of carbonyl (C=O) groups excluding carboxylic acids is 1. The lowest BCUT2D eigenvalue weighted by Crippen LogP contribution is -2.56. The van der Waals surface area contributed by atoms with Gasteiger partial charge in [-0.2, -0.15) is 0 Å². The average Bonchev–Trinajstić information content (AvgIpc) is 3.26. The first-order chi connectivity index (χ1) is 16.1. The molecule has 0 radical (unpaired) electrons. The quantitative estimate of drug-likeness (QED) is 0.254. The van der Waals surface area contributed by atoms with Gasteiger partial charge in [-0.15, -0.1) is 16.4 Å². The van der Waals surface area contributed by atoms with Crippen LogP contribution in [0, 0.1) is 0 Å². The van der Waals surface area contributed by atoms with Gasteiger partial charge < -0.3 is 9.88 Å². The van der Waals surface area contributed by atoms with E-state index in [0.29, 0.717) is 11.3 Å². The predicted octanol–water partition coefficient (Wildman–Crippen LogP) is -7.10. The Bertz CT molecular complexity index is 1470. The molecule has 0 aliphatic rings. The molecule has 4 aromatic rings. The Morgan fingerprint density at radius 2 is 1.47 bits per heavy atom. The number of fused-ring (bicyclic) bond motifs is 1. The molecule has 1 amide bonds. The molecule has 34 heavy (non-hydrogen) atoms. The second-order valence-electron chi connectivity index (χ2n) is 9.08. The third kappa shape index (κ3) is 4.15. The molecule has 0 aliphatic heterocycles. The van der Waals surface area contributed by atoms with Crippen molar-refractivity contribution >= 4 is 110 Å². The summed E-state index contributed by atoms with van der Waals surface area (Å²) in [5.41, 5.74) is 10.9. The molecule has 4 rings (SSSR count). The number of benzene rings is 1. The molecule has 160 valence electrons. The number of aromatic nitrogens is 4. The first-order valence-electron chi connectivity index (χ1n) is 11.4. The molecule has 0 saturated carbocycles. The number of aryl methyl sites for hydroxylation is 1. The zero-order chi connectivity index (χ0) is 24.7. The van der Waals surface area contributed by atoms with Crippen LogP contribution in [-0.2, 0) is 11.8 Å². The summed E-state index contributed by atoms with van der Waals surface area (Å²) in [5.74, 6) is 0.358. The number of imidazole rings is 1. The fourth-order valence-corrected chi connectivity index (χ4v) is 4.48. The van der Waals surface area contributed by atoms with Crippen molar-refractivity contribution in [2.24, 2.45) is 7.05 Å². The highest BCUT2D eigenvalue weighted by Gasteiger charge is 2.17. The van der Waals surface area contributed by atoms with E-state index in [-0.39, 0.29) is 5.91 Å². The summed E-state index contributed by atoms with van der Waals surface area (Å²) in [6.45, 7) is 0. The summed E-state index contributed by atoms with van der Waals surface area (Å²) in [6.07, 6.45) is 7.06. The van der Waals surface area contributed by atoms with Gasteiger partial charge in [0.15, 0.2) is 0 Å². The zero-order valence-electron chi connectivity index (χ0n) is 21.2. The first kappa shape index (κ1) is 23.8. The molecular formula is C21H24B7N5O. The van der Waals surface area contributed by atoms with Crippen molar-refractivity contribution in [2.45, 2.75) is 0 Å². The lowest BCUT2D eigenvalue weighted by molar-refractivity contribution is -0.112. The van der Waals surface area contributed by atoms with Gasteiger partial charge in [-0.3, -0.25) is 9.78 Å². The average molecular weight is 438 g/mol. The minimum Gasteiger partial charge on any atom is -0.332 e. The van der Waals surface area contributed by atoms with Crippen molar-refractivity contribution < 1.29 is 4.79 Å². The first-order valence-corrected chi connectivity index (χ1v) is 11.4. The Morgan fingerprint density at radius 1 is 0.853 bits per heavy atom. The van der Waals surface area contributed by atoms with E-state index >= 15 is 0 Å². The molecule has 0 saturated heterocycles. The molecule has 0 atom stereocenters. The van der Waals surface area contributed by atoms with E-state index in [9.17, 15) is 4.79 Å². The zero-order valence-corrected chi connectivity index (χ0v) is 21.2. The Labute approximate surface area is 206 Å². The van der Waals surface area contributed by atoms with Crippen LogP contribution in [0.1, 0.15) is 5.56 Å². The second-order valence-corrected chi connectivity index (χ2v) is 9.08. The Hall–Kier alpha value is -3.35. The van der Waals surface area contributed by atoms with Gasteiger partial charge in [0.1, 0.15) is 60.7 Å². The highest BCUT2D eigenvalue weighted by molar-refractivity contribution is 6.70. The van der Waals surface area contributed by atoms with Crippen molar-refractivity contribution in [3.05, 3.63) is 48.1 Å². The fourth-order valence-electron chi connectivity index (χ4n) is 4.48. The maximum absolute atomic E-state index is 13.2. The van der Waals surface area contributed by atoms with Crippen LogP contribution < -0.4 is 32.6 Å². The minimum atomic E-state index is -0.153. The van der Waals surface area contributed by atoms with Crippen molar-refractivity contribution in [1.82, 2.24) is 19.5 Å². The van der Waals surface area contributed by atoms with Crippen molar-refractivity contribution in [2.75, 3.05) is 5.32 Å². The van der Waals surface area contributed by atoms with Crippen LogP contribution in [0.2, 0.25) is 0 Å². The van der Waals surface area contributed by atoms with Crippen molar-refractivity contribution in [3.8, 4) is 11.4 Å². The van der Waals surface area contributed by atoms with E-state index in [1.165, 1.54) is 27.3 Å². The van der Waals surface area contributed by atoms with E-state index in [1.54, 1.807) is 24.9 Å². The third-order valence-corrected chi connectivity index (χ3v) is 7.20. The molecule has 0 bridgehead atoms. The molecule has 13 heteroatoms. The fraction of sp³-hybridized carbons (Fsp3) is 0.0476. The van der Waals surface area contributed by atoms with Crippen LogP contribution in [0.4, 0.5) is 5.82 Å². The number of anilines is 1. The van der Waals surface area contributed by atoms with Gasteiger partial charge in [-0.25, -0.2) is 9.97 Å². The monoisotopic (exact) mass is 439 g/mol. The summed E-state index contributed by atoms with van der Waals surface area (Å²) in [6, 6.07) is 3.87. The van der Waals surface area contributed by atoms with E-state index < -0.39 is 0 Å². The molecule has 0 unspecified atom stereocenters. The molecule has 3 heterocycles. The molecule has 1 aromatic carbocycles. The van der Waals surface area contributed by atoms with E-state index in [4.69, 9.17) is 0 Å². The van der Waals surface area contributed by atoms with Crippen LogP contribution in [-0.4, -0.2) is 80.4 Å². The predicted molar refractivity (Wildman–Crippen MR) is 162 cm³/mol. The van der Waals surface area contributed by atoms with Crippen LogP contribution in [0.5, 0.6) is 0 Å². The number of pyridine rings is 2. The maximum atomic E-state index is 13.2. The smallest absolute Gasteiger partial charge is 0.242 e. The third-order valence-electron chi connectivity index (χ3n) is 7.20. The van der Waals surface area contributed by atoms with Crippen LogP contribution in [0.3, 0.4) is 0 Å². The lowest BCUT2D eigenvalue weighted by Gasteiger charge is -2.22. The van der Waals surface area contributed by atoms with Gasteiger partial charge in [-0.05, 0) is 28.6 Å². The highest BCUT2D eigenvalue weighted by atomic mass is 16.1. The largest absolute Gasteiger partial charge is 0.332 e.